The van der Waals surface area contributed by atoms with Gasteiger partial charge in [0, 0.05) is 63.8 Å². The summed E-state index contributed by atoms with van der Waals surface area (Å²) in [4.78, 5) is 73.0. The smallest absolute Gasteiger partial charge is 0.308 e. The minimum absolute atomic E-state index is 0.00952. The van der Waals surface area contributed by atoms with Crippen LogP contribution in [-0.2, 0) is 24.0 Å². The van der Waals surface area contributed by atoms with E-state index in [1.54, 1.807) is 12.1 Å². The van der Waals surface area contributed by atoms with Gasteiger partial charge in [-0.3, -0.25) is 28.8 Å². The van der Waals surface area contributed by atoms with Gasteiger partial charge in [0.15, 0.2) is 5.78 Å². The number of carbonyl (C=O) groups excluding carboxylic acids is 6. The molecule has 11 heteroatoms. The first-order valence-electron chi connectivity index (χ1n) is 12.7. The molecule has 1 aliphatic rings. The monoisotopic (exact) mass is 574 g/mol. The molecule has 0 bridgehead atoms. The highest BCUT2D eigenvalue weighted by Crippen LogP contribution is 2.53. The highest BCUT2D eigenvalue weighted by Gasteiger charge is 2.45. The number of fused-ring (bicyclic) bond motifs is 1. The van der Waals surface area contributed by atoms with Gasteiger partial charge in [0.1, 0.15) is 28.7 Å². The summed E-state index contributed by atoms with van der Waals surface area (Å²) < 4.78 is 26.4. The molecule has 0 radical (unpaired) electrons. The number of ketones is 1. The van der Waals surface area contributed by atoms with Gasteiger partial charge < -0.3 is 23.7 Å². The maximum atomic E-state index is 14.1. The molecule has 0 saturated carbocycles. The molecule has 0 saturated heterocycles. The molecule has 42 heavy (non-hydrogen) atoms. The number of hydrogen-bond acceptors (Lipinski definition) is 11. The fourth-order valence-electron chi connectivity index (χ4n) is 4.91. The van der Waals surface area contributed by atoms with Crippen molar-refractivity contribution < 1.29 is 52.5 Å². The summed E-state index contributed by atoms with van der Waals surface area (Å²) in [5.41, 5.74) is 1.32. The molecular formula is C31H26O11. The Balaban J connectivity index is 1.99. The fraction of sp³-hybridized carbons (Fsp3) is 0.226. The van der Waals surface area contributed by atoms with Crippen LogP contribution in [0.15, 0.2) is 54.6 Å². The average Bonchev–Trinajstić information content (AvgIpc) is 3.15. The maximum Gasteiger partial charge on any atom is 0.308 e. The number of Topliss-reactive ketones (excluding diaryl/α,β-unsaturated/α-hetero) is 1. The second-order valence-electron chi connectivity index (χ2n) is 9.48. The SMILES string of the molecule is CC(=O)Oc1ccc(C2C(=O)c3cc(OC(C)=O)cc(OC(C)=O)c3[C@@H]2c2cc(OC(C)=O)cc(OC(C)=O)c2)cc1. The van der Waals surface area contributed by atoms with Gasteiger partial charge >= 0.3 is 29.8 Å². The predicted molar refractivity (Wildman–Crippen MR) is 145 cm³/mol. The molecule has 0 aliphatic heterocycles. The Bertz CT molecular complexity index is 1580. The Hall–Kier alpha value is -5.32. The molecule has 0 aromatic heterocycles. The largest absolute Gasteiger partial charge is 0.427 e. The molecule has 1 aliphatic carbocycles. The van der Waals surface area contributed by atoms with Crippen molar-refractivity contribution in [1.82, 2.24) is 0 Å². The molecule has 11 nitrogen and oxygen atoms in total. The lowest BCUT2D eigenvalue weighted by Gasteiger charge is -2.23. The molecular weight excluding hydrogens is 548 g/mol. The minimum atomic E-state index is -0.939. The summed E-state index contributed by atoms with van der Waals surface area (Å²) in [7, 11) is 0. The zero-order chi connectivity index (χ0) is 30.7. The summed E-state index contributed by atoms with van der Waals surface area (Å²) >= 11 is 0. The molecule has 0 heterocycles. The van der Waals surface area contributed by atoms with Crippen LogP contribution >= 0.6 is 0 Å². The van der Waals surface area contributed by atoms with Crippen molar-refractivity contribution in [3.8, 4) is 28.7 Å². The van der Waals surface area contributed by atoms with E-state index in [1.807, 2.05) is 0 Å². The van der Waals surface area contributed by atoms with E-state index in [9.17, 15) is 28.8 Å². The number of carbonyl (C=O) groups is 6. The van der Waals surface area contributed by atoms with E-state index >= 15 is 0 Å². The van der Waals surface area contributed by atoms with E-state index in [4.69, 9.17) is 23.7 Å². The quantitative estimate of drug-likeness (QED) is 0.291. The van der Waals surface area contributed by atoms with Gasteiger partial charge in [-0.2, -0.15) is 0 Å². The zero-order valence-electron chi connectivity index (χ0n) is 23.3. The summed E-state index contributed by atoms with van der Waals surface area (Å²) in [5.74, 6) is -5.00. The molecule has 216 valence electrons. The first-order chi connectivity index (χ1) is 19.8. The minimum Gasteiger partial charge on any atom is -0.427 e. The van der Waals surface area contributed by atoms with Gasteiger partial charge in [0.2, 0.25) is 0 Å². The highest BCUT2D eigenvalue weighted by molar-refractivity contribution is 6.08. The number of benzene rings is 3. The maximum absolute atomic E-state index is 14.1. The molecule has 3 aromatic rings. The Labute approximate surface area is 240 Å². The van der Waals surface area contributed by atoms with Gasteiger partial charge in [-0.25, -0.2) is 0 Å². The van der Waals surface area contributed by atoms with Crippen LogP contribution in [0.5, 0.6) is 28.7 Å². The molecule has 0 N–H and O–H groups in total. The molecule has 0 amide bonds. The Morgan fingerprint density at radius 1 is 0.500 bits per heavy atom. The molecule has 4 rings (SSSR count). The van der Waals surface area contributed by atoms with Crippen molar-refractivity contribution in [3.05, 3.63) is 76.9 Å². The topological polar surface area (TPSA) is 149 Å². The van der Waals surface area contributed by atoms with E-state index in [-0.39, 0.29) is 34.3 Å². The Morgan fingerprint density at radius 3 is 1.43 bits per heavy atom. The van der Waals surface area contributed by atoms with Crippen LogP contribution in [0.4, 0.5) is 0 Å². The summed E-state index contributed by atoms with van der Waals surface area (Å²) in [6, 6.07) is 13.4. The van der Waals surface area contributed by atoms with Crippen LogP contribution in [0.3, 0.4) is 0 Å². The molecule has 3 aromatic carbocycles. The third-order valence-electron chi connectivity index (χ3n) is 6.11. The van der Waals surface area contributed by atoms with Gasteiger partial charge in [-0.05, 0) is 41.5 Å². The second-order valence-corrected chi connectivity index (χ2v) is 9.48. The van der Waals surface area contributed by atoms with Crippen molar-refractivity contribution in [1.29, 1.82) is 0 Å². The predicted octanol–water partition coefficient (Wildman–Crippen LogP) is 4.43. The van der Waals surface area contributed by atoms with E-state index in [1.165, 1.54) is 77.1 Å². The van der Waals surface area contributed by atoms with Crippen molar-refractivity contribution in [2.24, 2.45) is 0 Å². The highest BCUT2D eigenvalue weighted by atomic mass is 16.6. The molecule has 2 atom stereocenters. The van der Waals surface area contributed by atoms with Crippen molar-refractivity contribution >= 4 is 35.6 Å². The van der Waals surface area contributed by atoms with E-state index in [0.717, 1.165) is 0 Å². The number of rotatable bonds is 7. The van der Waals surface area contributed by atoms with Gasteiger partial charge in [-0.1, -0.05) is 12.1 Å². The average molecular weight is 575 g/mol. The van der Waals surface area contributed by atoms with Crippen LogP contribution < -0.4 is 23.7 Å². The van der Waals surface area contributed by atoms with Crippen LogP contribution in [0.1, 0.15) is 73.5 Å². The third-order valence-corrected chi connectivity index (χ3v) is 6.11. The summed E-state index contributed by atoms with van der Waals surface area (Å²) in [5, 5.41) is 0. The number of hydrogen-bond donors (Lipinski definition) is 0. The van der Waals surface area contributed by atoms with Crippen molar-refractivity contribution in [2.75, 3.05) is 0 Å². The van der Waals surface area contributed by atoms with Gasteiger partial charge in [0.25, 0.3) is 0 Å². The first kappa shape index (κ1) is 29.7. The zero-order valence-corrected chi connectivity index (χ0v) is 23.3. The Kier molecular flexibility index (Phi) is 8.51. The van der Waals surface area contributed by atoms with Crippen LogP contribution in [-0.4, -0.2) is 35.6 Å². The van der Waals surface area contributed by atoms with Crippen molar-refractivity contribution in [2.45, 2.75) is 46.5 Å². The van der Waals surface area contributed by atoms with Gasteiger partial charge in [0.05, 0.1) is 5.92 Å². The van der Waals surface area contributed by atoms with Crippen LogP contribution in [0.2, 0.25) is 0 Å². The summed E-state index contributed by atoms with van der Waals surface area (Å²) in [6.45, 7) is 6.04. The van der Waals surface area contributed by atoms with Crippen LogP contribution in [0, 0.1) is 0 Å². The molecule has 0 fully saturated rings. The fourth-order valence-corrected chi connectivity index (χ4v) is 4.91. The number of esters is 5. The van der Waals surface area contributed by atoms with E-state index in [0.29, 0.717) is 16.7 Å². The third kappa shape index (κ3) is 6.69. The summed E-state index contributed by atoms with van der Waals surface area (Å²) in [6.07, 6.45) is 0. The molecule has 1 unspecified atom stereocenters. The lowest BCUT2D eigenvalue weighted by Crippen LogP contribution is -2.15. The van der Waals surface area contributed by atoms with Crippen molar-refractivity contribution in [3.63, 3.8) is 0 Å². The number of ether oxygens (including phenoxy) is 5. The first-order valence-corrected chi connectivity index (χ1v) is 12.7. The van der Waals surface area contributed by atoms with E-state index < -0.39 is 47.5 Å². The van der Waals surface area contributed by atoms with E-state index in [2.05, 4.69) is 0 Å². The lowest BCUT2D eigenvalue weighted by molar-refractivity contribution is -0.133. The standard InChI is InChI=1S/C31H26O11/c1-15(32)38-22-8-6-20(7-9-22)29-28(21-10-23(39-16(2)33)12-24(11-21)40-17(3)34)30-26(31(29)37)13-25(41-18(4)35)14-27(30)42-19(5)36/h6-14,28-29H,1-5H3/t28-,29?/m1/s1. The lowest BCUT2D eigenvalue weighted by atomic mass is 9.81. The van der Waals surface area contributed by atoms with Crippen LogP contribution in [0.25, 0.3) is 0 Å². The Morgan fingerprint density at radius 2 is 0.952 bits per heavy atom. The molecule has 0 spiro atoms. The van der Waals surface area contributed by atoms with Gasteiger partial charge in [-0.15, -0.1) is 0 Å². The normalized spacial score (nSPS) is 15.3. The second kappa shape index (κ2) is 12.0.